The average molecular weight is 288 g/mol. The van der Waals surface area contributed by atoms with E-state index in [0.29, 0.717) is 19.0 Å². The highest BCUT2D eigenvalue weighted by atomic mass is 35.5. The van der Waals surface area contributed by atoms with Crippen LogP contribution in [0.3, 0.4) is 0 Å². The zero-order valence-electron chi connectivity index (χ0n) is 12.6. The number of aryl methyl sites for hydroxylation is 2. The van der Waals surface area contributed by atoms with Gasteiger partial charge in [0.05, 0.1) is 22.0 Å². The molecule has 19 heavy (non-hydrogen) atoms. The van der Waals surface area contributed by atoms with Crippen molar-refractivity contribution < 1.29 is 5.11 Å². The number of halogens is 1. The molecule has 4 nitrogen and oxygen atoms in total. The predicted octanol–water partition coefficient (Wildman–Crippen LogP) is 2.75. The molecule has 1 aromatic heterocycles. The molecular weight excluding hydrogens is 262 g/mol. The van der Waals surface area contributed by atoms with Crippen molar-refractivity contribution in [1.82, 2.24) is 15.1 Å². The van der Waals surface area contributed by atoms with Crippen LogP contribution in [0.25, 0.3) is 0 Å². The molecule has 0 aromatic carbocycles. The van der Waals surface area contributed by atoms with E-state index in [4.69, 9.17) is 11.6 Å². The molecule has 5 heteroatoms. The molecule has 0 amide bonds. The molecule has 1 rings (SSSR count). The van der Waals surface area contributed by atoms with Gasteiger partial charge >= 0.3 is 0 Å². The molecule has 2 N–H and O–H groups in total. The lowest BCUT2D eigenvalue weighted by Crippen LogP contribution is -2.38. The fourth-order valence-corrected chi connectivity index (χ4v) is 2.64. The van der Waals surface area contributed by atoms with Gasteiger partial charge in [-0.15, -0.1) is 0 Å². The van der Waals surface area contributed by atoms with E-state index < -0.39 is 5.60 Å². The number of hydrogen-bond donors (Lipinski definition) is 2. The fourth-order valence-electron chi connectivity index (χ4n) is 2.44. The third-order valence-electron chi connectivity index (χ3n) is 3.10. The van der Waals surface area contributed by atoms with E-state index in [9.17, 15) is 5.11 Å². The highest BCUT2D eigenvalue weighted by Crippen LogP contribution is 2.20. The summed E-state index contributed by atoms with van der Waals surface area (Å²) in [5.41, 5.74) is 1.16. The van der Waals surface area contributed by atoms with Gasteiger partial charge in [0.15, 0.2) is 0 Å². The van der Waals surface area contributed by atoms with Crippen LogP contribution < -0.4 is 5.32 Å². The van der Waals surface area contributed by atoms with E-state index >= 15 is 0 Å². The van der Waals surface area contributed by atoms with Gasteiger partial charge in [-0.1, -0.05) is 25.4 Å². The number of aromatic nitrogens is 2. The summed E-state index contributed by atoms with van der Waals surface area (Å²) in [6, 6.07) is 0. The van der Waals surface area contributed by atoms with Gasteiger partial charge in [0.1, 0.15) is 0 Å². The minimum Gasteiger partial charge on any atom is -0.389 e. The highest BCUT2D eigenvalue weighted by molar-refractivity contribution is 6.31. The van der Waals surface area contributed by atoms with Gasteiger partial charge in [-0.05, 0) is 33.1 Å². The molecule has 0 fully saturated rings. The minimum absolute atomic E-state index is 0.476. The molecule has 0 radical (unpaired) electrons. The first kappa shape index (κ1) is 16.5. The van der Waals surface area contributed by atoms with Crippen LogP contribution in [-0.4, -0.2) is 27.0 Å². The maximum atomic E-state index is 10.2. The molecule has 0 aliphatic rings. The Bertz CT molecular complexity index is 413. The van der Waals surface area contributed by atoms with Crippen molar-refractivity contribution in [3.05, 3.63) is 16.4 Å². The molecule has 0 saturated carbocycles. The quantitative estimate of drug-likeness (QED) is 0.811. The lowest BCUT2D eigenvalue weighted by Gasteiger charge is -2.25. The van der Waals surface area contributed by atoms with E-state index in [1.54, 1.807) is 0 Å². The Balaban J connectivity index is 2.58. The SMILES string of the molecule is CCn1nc(C)c(Cl)c1CNCC(C)(O)CC(C)C. The topological polar surface area (TPSA) is 50.1 Å². The maximum Gasteiger partial charge on any atom is 0.0860 e. The Kier molecular flexibility index (Phi) is 5.83. The van der Waals surface area contributed by atoms with Gasteiger partial charge in [-0.25, -0.2) is 0 Å². The summed E-state index contributed by atoms with van der Waals surface area (Å²) in [5.74, 6) is 0.476. The molecule has 1 atom stereocenters. The largest absolute Gasteiger partial charge is 0.389 e. The number of aliphatic hydroxyl groups is 1. The van der Waals surface area contributed by atoms with E-state index in [1.807, 2.05) is 25.5 Å². The second-order valence-electron chi connectivity index (χ2n) is 5.86. The van der Waals surface area contributed by atoms with E-state index in [0.717, 1.165) is 29.4 Å². The molecule has 110 valence electrons. The van der Waals surface area contributed by atoms with Crippen molar-refractivity contribution in [1.29, 1.82) is 0 Å². The zero-order chi connectivity index (χ0) is 14.6. The average Bonchev–Trinajstić information content (AvgIpc) is 2.54. The van der Waals surface area contributed by atoms with Crippen LogP contribution in [0.2, 0.25) is 5.02 Å². The smallest absolute Gasteiger partial charge is 0.0860 e. The third-order valence-corrected chi connectivity index (χ3v) is 3.59. The molecule has 0 aliphatic heterocycles. The van der Waals surface area contributed by atoms with Crippen LogP contribution in [0.5, 0.6) is 0 Å². The Labute approximate surface area is 121 Å². The normalized spacial score (nSPS) is 14.9. The monoisotopic (exact) mass is 287 g/mol. The van der Waals surface area contributed by atoms with Crippen LogP contribution >= 0.6 is 11.6 Å². The number of rotatable bonds is 7. The summed E-state index contributed by atoms with van der Waals surface area (Å²) >= 11 is 6.24. The van der Waals surface area contributed by atoms with Gasteiger partial charge in [-0.2, -0.15) is 5.10 Å². The first-order valence-corrected chi connectivity index (χ1v) is 7.29. The number of nitrogens with zero attached hydrogens (tertiary/aromatic N) is 2. The summed E-state index contributed by atoms with van der Waals surface area (Å²) in [5, 5.41) is 18.6. The number of hydrogen-bond acceptors (Lipinski definition) is 3. The lowest BCUT2D eigenvalue weighted by atomic mass is 9.94. The lowest BCUT2D eigenvalue weighted by molar-refractivity contribution is 0.0382. The predicted molar refractivity (Wildman–Crippen MR) is 79.4 cm³/mol. The summed E-state index contributed by atoms with van der Waals surface area (Å²) < 4.78 is 1.90. The van der Waals surface area contributed by atoms with Crippen molar-refractivity contribution in [3.8, 4) is 0 Å². The first-order valence-electron chi connectivity index (χ1n) is 6.91. The minimum atomic E-state index is -0.688. The van der Waals surface area contributed by atoms with Crippen LogP contribution in [0.15, 0.2) is 0 Å². The van der Waals surface area contributed by atoms with Gasteiger partial charge in [0.2, 0.25) is 0 Å². The summed E-state index contributed by atoms with van der Waals surface area (Å²) in [6.45, 7) is 12.0. The van der Waals surface area contributed by atoms with Gasteiger partial charge in [0.25, 0.3) is 0 Å². The van der Waals surface area contributed by atoms with Crippen molar-refractivity contribution >= 4 is 11.6 Å². The van der Waals surface area contributed by atoms with Crippen molar-refractivity contribution in [2.24, 2.45) is 5.92 Å². The molecular formula is C14H26ClN3O. The fraction of sp³-hybridized carbons (Fsp3) is 0.786. The van der Waals surface area contributed by atoms with E-state index in [1.165, 1.54) is 0 Å². The standard InChI is InChI=1S/C14H26ClN3O/c1-6-18-12(13(15)11(4)17-18)8-16-9-14(5,19)7-10(2)3/h10,16,19H,6-9H2,1-5H3. The first-order chi connectivity index (χ1) is 8.76. The molecule has 0 saturated heterocycles. The van der Waals surface area contributed by atoms with Crippen molar-refractivity contribution in [2.75, 3.05) is 6.54 Å². The Morgan fingerprint density at radius 2 is 2.11 bits per heavy atom. The van der Waals surface area contributed by atoms with E-state index in [2.05, 4.69) is 24.3 Å². The Hall–Kier alpha value is -0.580. The van der Waals surface area contributed by atoms with Gasteiger partial charge < -0.3 is 10.4 Å². The molecule has 0 bridgehead atoms. The van der Waals surface area contributed by atoms with Crippen LogP contribution in [-0.2, 0) is 13.1 Å². The molecule has 1 unspecified atom stereocenters. The van der Waals surface area contributed by atoms with Gasteiger partial charge in [0, 0.05) is 19.6 Å². The van der Waals surface area contributed by atoms with Crippen LogP contribution in [0.1, 0.15) is 45.5 Å². The van der Waals surface area contributed by atoms with Crippen LogP contribution in [0, 0.1) is 12.8 Å². The molecule has 1 aromatic rings. The highest BCUT2D eigenvalue weighted by Gasteiger charge is 2.22. The zero-order valence-corrected chi connectivity index (χ0v) is 13.4. The molecule has 1 heterocycles. The van der Waals surface area contributed by atoms with E-state index in [-0.39, 0.29) is 0 Å². The second kappa shape index (κ2) is 6.73. The second-order valence-corrected chi connectivity index (χ2v) is 6.24. The van der Waals surface area contributed by atoms with Crippen molar-refractivity contribution in [2.45, 2.75) is 59.7 Å². The third kappa shape index (κ3) is 4.79. The molecule has 0 aliphatic carbocycles. The maximum absolute atomic E-state index is 10.2. The number of nitrogens with one attached hydrogen (secondary N) is 1. The Morgan fingerprint density at radius 3 is 2.63 bits per heavy atom. The Morgan fingerprint density at radius 1 is 1.47 bits per heavy atom. The molecule has 0 spiro atoms. The van der Waals surface area contributed by atoms with Crippen molar-refractivity contribution in [3.63, 3.8) is 0 Å². The summed E-state index contributed by atoms with van der Waals surface area (Å²) in [4.78, 5) is 0. The summed E-state index contributed by atoms with van der Waals surface area (Å²) in [7, 11) is 0. The van der Waals surface area contributed by atoms with Crippen LogP contribution in [0.4, 0.5) is 0 Å². The van der Waals surface area contributed by atoms with Gasteiger partial charge in [-0.3, -0.25) is 4.68 Å². The summed E-state index contributed by atoms with van der Waals surface area (Å²) in [6.07, 6.45) is 0.778.